The zero-order valence-electron chi connectivity index (χ0n) is 29.2. The third kappa shape index (κ3) is 8.68. The van der Waals surface area contributed by atoms with E-state index in [4.69, 9.17) is 14.2 Å². The zero-order valence-corrected chi connectivity index (χ0v) is 29.2. The van der Waals surface area contributed by atoms with Gasteiger partial charge in [0.05, 0.1) is 24.5 Å². The molecule has 0 heterocycles. The Morgan fingerprint density at radius 2 is 1.19 bits per heavy atom. The predicted molar refractivity (Wildman–Crippen MR) is 205 cm³/mol. The molecule has 7 nitrogen and oxygen atoms in total. The Bertz CT molecular complexity index is 2070. The second-order valence-electron chi connectivity index (χ2n) is 13.2. The second kappa shape index (κ2) is 16.4. The molecule has 7 heteroatoms. The van der Waals surface area contributed by atoms with Crippen LogP contribution in [0.4, 0.5) is 5.69 Å². The first-order valence-electron chi connectivity index (χ1n) is 17.8. The van der Waals surface area contributed by atoms with Gasteiger partial charge in [0.2, 0.25) is 0 Å². The summed E-state index contributed by atoms with van der Waals surface area (Å²) in [7, 11) is 1.31. The Morgan fingerprint density at radius 1 is 0.635 bits per heavy atom. The number of fused-ring (bicyclic) bond motifs is 1. The molecule has 1 amide bonds. The van der Waals surface area contributed by atoms with Gasteiger partial charge in [0.25, 0.3) is 5.91 Å². The molecule has 1 saturated carbocycles. The number of carbonyl (C=O) groups excluding carboxylic acids is 2. The summed E-state index contributed by atoms with van der Waals surface area (Å²) in [5.74, 6) is 1.33. The molecule has 0 atom stereocenters. The van der Waals surface area contributed by atoms with Crippen LogP contribution >= 0.6 is 0 Å². The minimum absolute atomic E-state index is 0.194. The molecule has 6 aromatic rings. The van der Waals surface area contributed by atoms with Gasteiger partial charge in [0.15, 0.2) is 0 Å². The summed E-state index contributed by atoms with van der Waals surface area (Å²) in [6.45, 7) is 1.89. The number of benzene rings is 6. The number of esters is 1. The smallest absolute Gasteiger partial charge is 0.339 e. The number of carbonyl (C=O) groups is 2. The van der Waals surface area contributed by atoms with Gasteiger partial charge in [-0.1, -0.05) is 84.9 Å². The van der Waals surface area contributed by atoms with E-state index in [0.29, 0.717) is 28.8 Å². The van der Waals surface area contributed by atoms with Crippen molar-refractivity contribution in [1.82, 2.24) is 4.90 Å². The Hall–Kier alpha value is -5.92. The number of ether oxygens (including phenoxy) is 3. The van der Waals surface area contributed by atoms with Gasteiger partial charge in [0.1, 0.15) is 17.2 Å². The van der Waals surface area contributed by atoms with Crippen LogP contribution in [0.15, 0.2) is 146 Å². The molecule has 7 rings (SSSR count). The highest BCUT2D eigenvalue weighted by atomic mass is 16.5. The molecule has 0 aromatic heterocycles. The fourth-order valence-electron chi connectivity index (χ4n) is 6.89. The molecule has 1 fully saturated rings. The van der Waals surface area contributed by atoms with E-state index in [1.807, 2.05) is 24.3 Å². The lowest BCUT2D eigenvalue weighted by Crippen LogP contribution is -2.39. The quantitative estimate of drug-likeness (QED) is 0.129. The summed E-state index contributed by atoms with van der Waals surface area (Å²) in [5.41, 5.74) is 3.80. The normalized spacial score (nSPS) is 15.6. The maximum atomic E-state index is 12.9. The van der Waals surface area contributed by atoms with Crippen LogP contribution in [0.5, 0.6) is 17.2 Å². The Kier molecular flexibility index (Phi) is 10.9. The van der Waals surface area contributed by atoms with Gasteiger partial charge >= 0.3 is 5.97 Å². The molecule has 1 N–H and O–H groups in total. The van der Waals surface area contributed by atoms with Gasteiger partial charge in [-0.15, -0.1) is 0 Å². The lowest BCUT2D eigenvalue weighted by atomic mass is 9.91. The van der Waals surface area contributed by atoms with Gasteiger partial charge in [-0.2, -0.15) is 0 Å². The molecule has 0 bridgehead atoms. The first kappa shape index (κ1) is 34.5. The number of anilines is 1. The number of nitrogens with one attached hydrogen (secondary N) is 1. The molecule has 0 aliphatic heterocycles. The third-order valence-electron chi connectivity index (χ3n) is 9.64. The number of amides is 1. The van der Waals surface area contributed by atoms with E-state index in [9.17, 15) is 9.59 Å². The minimum Gasteiger partial charge on any atom is -0.490 e. The van der Waals surface area contributed by atoms with E-state index in [0.717, 1.165) is 55.3 Å². The van der Waals surface area contributed by atoms with Gasteiger partial charge in [-0.25, -0.2) is 4.79 Å². The molecule has 0 unspecified atom stereocenters. The first-order valence-corrected chi connectivity index (χ1v) is 17.8. The Labute approximate surface area is 304 Å². The van der Waals surface area contributed by atoms with Crippen molar-refractivity contribution in [1.29, 1.82) is 0 Å². The summed E-state index contributed by atoms with van der Waals surface area (Å²) in [4.78, 5) is 27.6. The summed E-state index contributed by atoms with van der Waals surface area (Å²) in [5, 5.41) is 4.92. The number of methoxy groups -OCH3 is 1. The van der Waals surface area contributed by atoms with E-state index in [-0.39, 0.29) is 17.6 Å². The molecule has 262 valence electrons. The topological polar surface area (TPSA) is 77.1 Å². The highest BCUT2D eigenvalue weighted by Gasteiger charge is 2.27. The number of hydrogen-bond acceptors (Lipinski definition) is 6. The van der Waals surface area contributed by atoms with E-state index in [2.05, 4.69) is 83.0 Å². The van der Waals surface area contributed by atoms with Crippen molar-refractivity contribution in [3.8, 4) is 17.2 Å². The van der Waals surface area contributed by atoms with E-state index in [1.54, 1.807) is 48.5 Å². The summed E-state index contributed by atoms with van der Waals surface area (Å²) >= 11 is 0. The second-order valence-corrected chi connectivity index (χ2v) is 13.2. The lowest BCUT2D eigenvalue weighted by molar-refractivity contribution is 0.0602. The monoisotopic (exact) mass is 690 g/mol. The molecule has 6 aromatic carbocycles. The maximum Gasteiger partial charge on any atom is 0.339 e. The molecule has 1 aliphatic carbocycles. The van der Waals surface area contributed by atoms with E-state index >= 15 is 0 Å². The molecule has 0 spiro atoms. The SMILES string of the molecule is COC(=O)c1ccccc1NC(=O)c1ccc(Oc2ccc3cc(OC4CCC(N(Cc5ccccc5)Cc5ccccc5)CC4)ccc3c2)cc1. The third-order valence-corrected chi connectivity index (χ3v) is 9.64. The molecular formula is C45H42N2O5. The van der Waals surface area contributed by atoms with E-state index in [1.165, 1.54) is 18.2 Å². The van der Waals surface area contributed by atoms with Crippen molar-refractivity contribution in [3.05, 3.63) is 168 Å². The predicted octanol–water partition coefficient (Wildman–Crippen LogP) is 10.1. The van der Waals surface area contributed by atoms with Crippen LogP contribution in [0.2, 0.25) is 0 Å². The number of hydrogen-bond donors (Lipinski definition) is 1. The Morgan fingerprint density at radius 3 is 1.83 bits per heavy atom. The maximum absolute atomic E-state index is 12.9. The van der Waals surface area contributed by atoms with Crippen molar-refractivity contribution < 1.29 is 23.8 Å². The van der Waals surface area contributed by atoms with Gasteiger partial charge < -0.3 is 19.5 Å². The molecule has 1 aliphatic rings. The van der Waals surface area contributed by atoms with Crippen LogP contribution in [-0.4, -0.2) is 36.0 Å². The van der Waals surface area contributed by atoms with Gasteiger partial charge in [0, 0.05) is 24.7 Å². The number of para-hydroxylation sites is 1. The van der Waals surface area contributed by atoms with Crippen molar-refractivity contribution >= 4 is 28.3 Å². The van der Waals surface area contributed by atoms with Crippen molar-refractivity contribution in [2.75, 3.05) is 12.4 Å². The van der Waals surface area contributed by atoms with Crippen molar-refractivity contribution in [3.63, 3.8) is 0 Å². The van der Waals surface area contributed by atoms with Crippen LogP contribution in [-0.2, 0) is 17.8 Å². The number of nitrogens with zero attached hydrogens (tertiary/aromatic N) is 1. The van der Waals surface area contributed by atoms with Crippen LogP contribution in [0.3, 0.4) is 0 Å². The Balaban J connectivity index is 0.938. The van der Waals surface area contributed by atoms with Crippen molar-refractivity contribution in [2.45, 2.75) is 50.9 Å². The minimum atomic E-state index is -0.516. The average molecular weight is 691 g/mol. The van der Waals surface area contributed by atoms with Crippen molar-refractivity contribution in [2.24, 2.45) is 0 Å². The summed E-state index contributed by atoms with van der Waals surface area (Å²) < 4.78 is 17.5. The highest BCUT2D eigenvalue weighted by molar-refractivity contribution is 6.08. The average Bonchev–Trinajstić information content (AvgIpc) is 3.19. The molecular weight excluding hydrogens is 649 g/mol. The molecule has 52 heavy (non-hydrogen) atoms. The summed E-state index contributed by atoms with van der Waals surface area (Å²) in [6, 6.07) is 47.9. The lowest BCUT2D eigenvalue weighted by Gasteiger charge is -2.37. The van der Waals surface area contributed by atoms with Gasteiger partial charge in [-0.05, 0) is 108 Å². The zero-order chi connectivity index (χ0) is 35.7. The molecule has 0 saturated heterocycles. The summed E-state index contributed by atoms with van der Waals surface area (Å²) in [6.07, 6.45) is 4.45. The fraction of sp³-hybridized carbons (Fsp3) is 0.200. The fourth-order valence-corrected chi connectivity index (χ4v) is 6.89. The van der Waals surface area contributed by atoms with E-state index < -0.39 is 5.97 Å². The van der Waals surface area contributed by atoms with Crippen LogP contribution in [0.1, 0.15) is 57.5 Å². The number of rotatable bonds is 12. The van der Waals surface area contributed by atoms with Crippen LogP contribution in [0.25, 0.3) is 10.8 Å². The van der Waals surface area contributed by atoms with Gasteiger partial charge in [-0.3, -0.25) is 9.69 Å². The first-order chi connectivity index (χ1) is 25.5. The standard InChI is InChI=1S/C45H42N2O5/c1-50-45(49)42-14-8-9-15-43(42)46-44(48)34-16-22-38(23-17-34)51-40-24-18-36-29-41(25-19-35(36)28-40)52-39-26-20-37(21-27-39)47(30-32-10-4-2-5-11-32)31-33-12-6-3-7-13-33/h2-19,22-25,28-29,37,39H,20-21,26-27,30-31H2,1H3,(H,46,48). The largest absolute Gasteiger partial charge is 0.490 e. The highest BCUT2D eigenvalue weighted by Crippen LogP contribution is 2.32. The molecule has 0 radical (unpaired) electrons. The van der Waals surface area contributed by atoms with Crippen LogP contribution in [0, 0.1) is 0 Å². The van der Waals surface area contributed by atoms with Crippen LogP contribution < -0.4 is 14.8 Å².